The van der Waals surface area contributed by atoms with E-state index in [4.69, 9.17) is 9.15 Å². The van der Waals surface area contributed by atoms with Crippen LogP contribution < -0.4 is 0 Å². The highest BCUT2D eigenvalue weighted by Gasteiger charge is 2.46. The van der Waals surface area contributed by atoms with E-state index in [-0.39, 0.29) is 6.04 Å². The zero-order valence-corrected chi connectivity index (χ0v) is 10.5. The van der Waals surface area contributed by atoms with Gasteiger partial charge in [0.1, 0.15) is 0 Å². The third kappa shape index (κ3) is 2.21. The minimum atomic E-state index is 0.190. The van der Waals surface area contributed by atoms with Gasteiger partial charge in [0.05, 0.1) is 19.3 Å². The summed E-state index contributed by atoms with van der Waals surface area (Å²) in [5.74, 6) is 1.36. The molecule has 1 aromatic heterocycles. The zero-order chi connectivity index (χ0) is 11.9. The fourth-order valence-corrected chi connectivity index (χ4v) is 2.47. The average molecular weight is 237 g/mol. The van der Waals surface area contributed by atoms with E-state index in [9.17, 15) is 0 Å². The lowest BCUT2D eigenvalue weighted by molar-refractivity contribution is 0.114. The first-order chi connectivity index (χ1) is 8.19. The van der Waals surface area contributed by atoms with Crippen molar-refractivity contribution in [3.63, 3.8) is 0 Å². The van der Waals surface area contributed by atoms with Gasteiger partial charge in [-0.15, -0.1) is 10.2 Å². The first-order valence-electron chi connectivity index (χ1n) is 6.30. The van der Waals surface area contributed by atoms with Crippen LogP contribution in [0.5, 0.6) is 0 Å². The summed E-state index contributed by atoms with van der Waals surface area (Å²) in [6.45, 7) is 7.73. The Morgan fingerprint density at radius 1 is 1.35 bits per heavy atom. The Bertz CT molecular complexity index is 400. The summed E-state index contributed by atoms with van der Waals surface area (Å²) in [7, 11) is 0. The molecule has 5 nitrogen and oxygen atoms in total. The predicted octanol–water partition coefficient (Wildman–Crippen LogP) is 1.55. The van der Waals surface area contributed by atoms with Crippen LogP contribution in [-0.2, 0) is 4.74 Å². The molecule has 1 aromatic rings. The lowest BCUT2D eigenvalue weighted by Crippen LogP contribution is -2.33. The molecular weight excluding hydrogens is 218 g/mol. The number of rotatable bonds is 2. The minimum Gasteiger partial charge on any atom is -0.424 e. The van der Waals surface area contributed by atoms with Gasteiger partial charge in [0.2, 0.25) is 11.8 Å². The first kappa shape index (κ1) is 11.2. The van der Waals surface area contributed by atoms with E-state index in [1.54, 1.807) is 0 Å². The molecule has 0 bridgehead atoms. The van der Waals surface area contributed by atoms with Crippen molar-refractivity contribution in [2.24, 2.45) is 5.41 Å². The van der Waals surface area contributed by atoms with Gasteiger partial charge in [0.25, 0.3) is 0 Å². The molecule has 3 rings (SSSR count). The third-order valence-corrected chi connectivity index (χ3v) is 3.87. The standard InChI is InChI=1S/C12H19N3O2/c1-9(11-14-13-10(2)17-11)15-5-6-16-8-12(7-15)3-4-12/h9H,3-8H2,1-2H3. The second-order valence-electron chi connectivity index (χ2n) is 5.36. The largest absolute Gasteiger partial charge is 0.424 e. The first-order valence-corrected chi connectivity index (χ1v) is 6.30. The highest BCUT2D eigenvalue weighted by molar-refractivity contribution is 4.99. The molecule has 5 heteroatoms. The highest BCUT2D eigenvalue weighted by atomic mass is 16.5. The van der Waals surface area contributed by atoms with Crippen molar-refractivity contribution in [2.45, 2.75) is 32.7 Å². The van der Waals surface area contributed by atoms with E-state index in [2.05, 4.69) is 22.0 Å². The lowest BCUT2D eigenvalue weighted by Gasteiger charge is -2.27. The monoisotopic (exact) mass is 237 g/mol. The zero-order valence-electron chi connectivity index (χ0n) is 10.5. The van der Waals surface area contributed by atoms with Crippen LogP contribution in [0.4, 0.5) is 0 Å². The number of aryl methyl sites for hydroxylation is 1. The van der Waals surface area contributed by atoms with Gasteiger partial charge in [-0.25, -0.2) is 0 Å². The maximum Gasteiger partial charge on any atom is 0.233 e. The van der Waals surface area contributed by atoms with Gasteiger partial charge in [-0.2, -0.15) is 0 Å². The summed E-state index contributed by atoms with van der Waals surface area (Å²) in [6, 6.07) is 0.190. The number of ether oxygens (including phenoxy) is 1. The molecule has 1 aliphatic heterocycles. The molecule has 1 saturated carbocycles. The van der Waals surface area contributed by atoms with Crippen molar-refractivity contribution in [2.75, 3.05) is 26.3 Å². The van der Waals surface area contributed by atoms with E-state index in [0.29, 0.717) is 11.3 Å². The molecule has 1 saturated heterocycles. The van der Waals surface area contributed by atoms with Gasteiger partial charge < -0.3 is 9.15 Å². The summed E-state index contributed by atoms with van der Waals surface area (Å²) < 4.78 is 11.2. The molecule has 1 unspecified atom stereocenters. The summed E-state index contributed by atoms with van der Waals surface area (Å²) in [6.07, 6.45) is 2.58. The molecule has 2 heterocycles. The van der Waals surface area contributed by atoms with Crippen molar-refractivity contribution in [3.05, 3.63) is 11.8 Å². The second-order valence-corrected chi connectivity index (χ2v) is 5.36. The predicted molar refractivity (Wildman–Crippen MR) is 61.5 cm³/mol. The van der Waals surface area contributed by atoms with Crippen LogP contribution in [0.1, 0.15) is 37.6 Å². The molecule has 1 aliphatic carbocycles. The Morgan fingerprint density at radius 3 is 2.82 bits per heavy atom. The molecule has 17 heavy (non-hydrogen) atoms. The molecule has 0 N–H and O–H groups in total. The molecule has 0 amide bonds. The minimum absolute atomic E-state index is 0.190. The normalized spacial score (nSPS) is 25.8. The Balaban J connectivity index is 1.73. The fraction of sp³-hybridized carbons (Fsp3) is 0.833. The van der Waals surface area contributed by atoms with Crippen molar-refractivity contribution in [1.82, 2.24) is 15.1 Å². The number of nitrogens with zero attached hydrogens (tertiary/aromatic N) is 3. The molecule has 2 aliphatic rings. The fourth-order valence-electron chi connectivity index (χ4n) is 2.47. The van der Waals surface area contributed by atoms with E-state index in [1.165, 1.54) is 12.8 Å². The SMILES string of the molecule is Cc1nnc(C(C)N2CCOCC3(CC3)C2)o1. The van der Waals surface area contributed by atoms with E-state index < -0.39 is 0 Å². The van der Waals surface area contributed by atoms with E-state index >= 15 is 0 Å². The maximum absolute atomic E-state index is 5.69. The molecule has 0 aromatic carbocycles. The van der Waals surface area contributed by atoms with Gasteiger partial charge in [-0.1, -0.05) is 0 Å². The molecule has 2 fully saturated rings. The van der Waals surface area contributed by atoms with Gasteiger partial charge in [0, 0.05) is 25.4 Å². The van der Waals surface area contributed by atoms with Gasteiger partial charge >= 0.3 is 0 Å². The van der Waals surface area contributed by atoms with Gasteiger partial charge in [-0.05, 0) is 19.8 Å². The Labute approximate surface area is 101 Å². The molecule has 1 atom stereocenters. The average Bonchev–Trinajstić information content (AvgIpc) is 3.01. The van der Waals surface area contributed by atoms with Crippen LogP contribution in [0.25, 0.3) is 0 Å². The molecule has 1 spiro atoms. The quantitative estimate of drug-likeness (QED) is 0.781. The Kier molecular flexibility index (Phi) is 2.67. The third-order valence-electron chi connectivity index (χ3n) is 3.87. The topological polar surface area (TPSA) is 51.4 Å². The lowest BCUT2D eigenvalue weighted by atomic mass is 10.1. The summed E-state index contributed by atoms with van der Waals surface area (Å²) in [4.78, 5) is 2.41. The Hall–Kier alpha value is -0.940. The molecular formula is C12H19N3O2. The number of hydrogen-bond donors (Lipinski definition) is 0. The smallest absolute Gasteiger partial charge is 0.233 e. The van der Waals surface area contributed by atoms with Crippen LogP contribution in [0.15, 0.2) is 4.42 Å². The highest BCUT2D eigenvalue weighted by Crippen LogP contribution is 2.48. The van der Waals surface area contributed by atoms with Crippen LogP contribution >= 0.6 is 0 Å². The van der Waals surface area contributed by atoms with Crippen molar-refractivity contribution in [1.29, 1.82) is 0 Å². The molecule has 94 valence electrons. The van der Waals surface area contributed by atoms with Crippen molar-refractivity contribution < 1.29 is 9.15 Å². The van der Waals surface area contributed by atoms with Crippen molar-refractivity contribution in [3.8, 4) is 0 Å². The van der Waals surface area contributed by atoms with Crippen LogP contribution in [-0.4, -0.2) is 41.4 Å². The number of aromatic nitrogens is 2. The van der Waals surface area contributed by atoms with Crippen LogP contribution in [0, 0.1) is 12.3 Å². The van der Waals surface area contributed by atoms with Gasteiger partial charge in [-0.3, -0.25) is 4.90 Å². The van der Waals surface area contributed by atoms with Gasteiger partial charge in [0.15, 0.2) is 0 Å². The second kappa shape index (κ2) is 4.07. The molecule has 0 radical (unpaired) electrons. The summed E-state index contributed by atoms with van der Waals surface area (Å²) in [5, 5.41) is 8.02. The van der Waals surface area contributed by atoms with Crippen LogP contribution in [0.2, 0.25) is 0 Å². The summed E-state index contributed by atoms with van der Waals surface area (Å²) >= 11 is 0. The Morgan fingerprint density at radius 2 is 2.18 bits per heavy atom. The van der Waals surface area contributed by atoms with Crippen molar-refractivity contribution >= 4 is 0 Å². The number of hydrogen-bond acceptors (Lipinski definition) is 5. The van der Waals surface area contributed by atoms with E-state index in [1.807, 2.05) is 6.92 Å². The summed E-state index contributed by atoms with van der Waals surface area (Å²) in [5.41, 5.74) is 0.416. The maximum atomic E-state index is 5.69. The van der Waals surface area contributed by atoms with Crippen LogP contribution in [0.3, 0.4) is 0 Å². The van der Waals surface area contributed by atoms with E-state index in [0.717, 1.165) is 32.2 Å².